The maximum absolute atomic E-state index is 11.9. The maximum atomic E-state index is 11.9. The van der Waals surface area contributed by atoms with Crippen LogP contribution in [0.3, 0.4) is 0 Å². The van der Waals surface area contributed by atoms with Crippen molar-refractivity contribution < 1.29 is 4.79 Å². The van der Waals surface area contributed by atoms with E-state index in [4.69, 9.17) is 5.26 Å². The zero-order valence-corrected chi connectivity index (χ0v) is 10.8. The number of nitriles is 1. The van der Waals surface area contributed by atoms with Crippen LogP contribution in [0.15, 0.2) is 47.2 Å². The first kappa shape index (κ1) is 12.3. The molecule has 2 aromatic rings. The van der Waals surface area contributed by atoms with Crippen LogP contribution in [-0.4, -0.2) is 10.9 Å². The van der Waals surface area contributed by atoms with Gasteiger partial charge in [0.2, 0.25) is 0 Å². The van der Waals surface area contributed by atoms with Gasteiger partial charge < -0.3 is 5.32 Å². The van der Waals surface area contributed by atoms with E-state index in [2.05, 4.69) is 26.2 Å². The van der Waals surface area contributed by atoms with E-state index in [0.717, 1.165) is 0 Å². The van der Waals surface area contributed by atoms with Crippen LogP contribution < -0.4 is 5.32 Å². The van der Waals surface area contributed by atoms with Gasteiger partial charge in [-0.25, -0.2) is 4.98 Å². The molecule has 18 heavy (non-hydrogen) atoms. The number of carbonyl (C=O) groups is 1. The Kier molecular flexibility index (Phi) is 3.70. The summed E-state index contributed by atoms with van der Waals surface area (Å²) in [6.45, 7) is 0. The van der Waals surface area contributed by atoms with Crippen molar-refractivity contribution in [2.24, 2.45) is 0 Å². The Morgan fingerprint density at radius 2 is 2.00 bits per heavy atom. The summed E-state index contributed by atoms with van der Waals surface area (Å²) in [5.41, 5.74) is 1.62. The molecule has 1 aromatic heterocycles. The van der Waals surface area contributed by atoms with Gasteiger partial charge in [-0.15, -0.1) is 0 Å². The van der Waals surface area contributed by atoms with Gasteiger partial charge in [0.1, 0.15) is 4.60 Å². The summed E-state index contributed by atoms with van der Waals surface area (Å²) < 4.78 is 0.576. The number of nitrogens with one attached hydrogen (secondary N) is 1. The highest BCUT2D eigenvalue weighted by atomic mass is 79.9. The molecule has 0 bridgehead atoms. The zero-order valence-electron chi connectivity index (χ0n) is 9.22. The second-order valence-electron chi connectivity index (χ2n) is 3.49. The topological polar surface area (TPSA) is 65.8 Å². The Bertz CT molecular complexity index is 617. The van der Waals surface area contributed by atoms with E-state index < -0.39 is 0 Å². The quantitative estimate of drug-likeness (QED) is 0.867. The van der Waals surface area contributed by atoms with Gasteiger partial charge in [0.05, 0.1) is 17.3 Å². The summed E-state index contributed by atoms with van der Waals surface area (Å²) >= 11 is 3.25. The van der Waals surface area contributed by atoms with Crippen LogP contribution in [-0.2, 0) is 0 Å². The molecule has 1 N–H and O–H groups in total. The molecule has 88 valence electrons. The number of halogens is 1. The summed E-state index contributed by atoms with van der Waals surface area (Å²) in [4.78, 5) is 15.9. The van der Waals surface area contributed by atoms with E-state index in [1.165, 1.54) is 0 Å². The number of nitrogens with zero attached hydrogens (tertiary/aromatic N) is 2. The minimum Gasteiger partial charge on any atom is -0.320 e. The lowest BCUT2D eigenvalue weighted by Crippen LogP contribution is -2.12. The van der Waals surface area contributed by atoms with Crippen molar-refractivity contribution >= 4 is 27.5 Å². The van der Waals surface area contributed by atoms with Gasteiger partial charge >= 0.3 is 0 Å². The molecular formula is C13H8BrN3O. The number of hydrogen-bond donors (Lipinski definition) is 1. The summed E-state index contributed by atoms with van der Waals surface area (Å²) in [5, 5.41) is 11.4. The van der Waals surface area contributed by atoms with Gasteiger partial charge in [-0.05, 0) is 52.3 Å². The monoisotopic (exact) mass is 301 g/mol. The smallest absolute Gasteiger partial charge is 0.255 e. The predicted octanol–water partition coefficient (Wildman–Crippen LogP) is 2.97. The SMILES string of the molecule is N#Cc1ccc(C(=O)Nc2cccnc2Br)cc1. The molecule has 0 unspecified atom stereocenters. The maximum Gasteiger partial charge on any atom is 0.255 e. The largest absolute Gasteiger partial charge is 0.320 e. The van der Waals surface area contributed by atoms with Gasteiger partial charge in [0, 0.05) is 11.8 Å². The van der Waals surface area contributed by atoms with Crippen LogP contribution >= 0.6 is 15.9 Å². The lowest BCUT2D eigenvalue weighted by Gasteiger charge is -2.06. The van der Waals surface area contributed by atoms with Crippen molar-refractivity contribution in [1.82, 2.24) is 4.98 Å². The first-order valence-electron chi connectivity index (χ1n) is 5.13. The summed E-state index contributed by atoms with van der Waals surface area (Å²) in [5.74, 6) is -0.242. The summed E-state index contributed by atoms with van der Waals surface area (Å²) in [6.07, 6.45) is 1.63. The van der Waals surface area contributed by atoms with Crippen LogP contribution in [0, 0.1) is 11.3 Å². The molecule has 1 aromatic carbocycles. The van der Waals surface area contributed by atoms with Gasteiger partial charge in [-0.3, -0.25) is 4.79 Å². The van der Waals surface area contributed by atoms with E-state index in [-0.39, 0.29) is 5.91 Å². The first-order chi connectivity index (χ1) is 8.70. The lowest BCUT2D eigenvalue weighted by molar-refractivity contribution is 0.102. The Labute approximate surface area is 112 Å². The standard InChI is InChI=1S/C13H8BrN3O/c14-12-11(2-1-7-16-12)17-13(18)10-5-3-9(8-15)4-6-10/h1-7H,(H,17,18). The highest BCUT2D eigenvalue weighted by Crippen LogP contribution is 2.19. The van der Waals surface area contributed by atoms with Crippen LogP contribution in [0.4, 0.5) is 5.69 Å². The fraction of sp³-hybridized carbons (Fsp3) is 0. The minimum absolute atomic E-state index is 0.242. The van der Waals surface area contributed by atoms with Crippen molar-refractivity contribution in [2.45, 2.75) is 0 Å². The highest BCUT2D eigenvalue weighted by molar-refractivity contribution is 9.10. The number of hydrogen-bond acceptors (Lipinski definition) is 3. The van der Waals surface area contributed by atoms with Gasteiger partial charge in [-0.1, -0.05) is 0 Å². The molecular weight excluding hydrogens is 294 g/mol. The fourth-order valence-electron chi connectivity index (χ4n) is 1.37. The molecule has 0 aliphatic rings. The number of aromatic nitrogens is 1. The van der Waals surface area contributed by atoms with Crippen LogP contribution in [0.2, 0.25) is 0 Å². The van der Waals surface area contributed by atoms with Crippen LogP contribution in [0.1, 0.15) is 15.9 Å². The number of anilines is 1. The summed E-state index contributed by atoms with van der Waals surface area (Å²) in [7, 11) is 0. The molecule has 0 radical (unpaired) electrons. The molecule has 0 saturated carbocycles. The van der Waals surface area contributed by atoms with Crippen molar-refractivity contribution in [3.05, 3.63) is 58.3 Å². The Balaban J connectivity index is 2.17. The van der Waals surface area contributed by atoms with Crippen molar-refractivity contribution in [2.75, 3.05) is 5.32 Å². The first-order valence-corrected chi connectivity index (χ1v) is 5.92. The van der Waals surface area contributed by atoms with Crippen LogP contribution in [0.5, 0.6) is 0 Å². The van der Waals surface area contributed by atoms with Crippen molar-refractivity contribution in [3.8, 4) is 6.07 Å². The normalized spacial score (nSPS) is 9.56. The molecule has 0 fully saturated rings. The zero-order chi connectivity index (χ0) is 13.0. The Morgan fingerprint density at radius 3 is 2.61 bits per heavy atom. The van der Waals surface area contributed by atoms with E-state index in [1.54, 1.807) is 42.6 Å². The van der Waals surface area contributed by atoms with E-state index in [1.807, 2.05) is 6.07 Å². The van der Waals surface area contributed by atoms with Crippen LogP contribution in [0.25, 0.3) is 0 Å². The molecule has 0 atom stereocenters. The molecule has 0 aliphatic carbocycles. The molecule has 2 rings (SSSR count). The molecule has 4 nitrogen and oxygen atoms in total. The second kappa shape index (κ2) is 5.43. The number of amides is 1. The number of pyridine rings is 1. The predicted molar refractivity (Wildman–Crippen MR) is 71.0 cm³/mol. The number of rotatable bonds is 2. The lowest BCUT2D eigenvalue weighted by atomic mass is 10.1. The van der Waals surface area contributed by atoms with E-state index in [0.29, 0.717) is 21.4 Å². The Hall–Kier alpha value is -2.19. The van der Waals surface area contributed by atoms with Gasteiger partial charge in [-0.2, -0.15) is 5.26 Å². The summed E-state index contributed by atoms with van der Waals surface area (Å²) in [6, 6.07) is 11.9. The molecule has 0 spiro atoms. The average Bonchev–Trinajstić information content (AvgIpc) is 2.41. The molecule has 0 aliphatic heterocycles. The number of carbonyl (C=O) groups excluding carboxylic acids is 1. The fourth-order valence-corrected chi connectivity index (χ4v) is 1.72. The number of benzene rings is 1. The highest BCUT2D eigenvalue weighted by Gasteiger charge is 2.08. The third-order valence-electron chi connectivity index (χ3n) is 2.28. The molecule has 1 amide bonds. The second-order valence-corrected chi connectivity index (χ2v) is 4.24. The average molecular weight is 302 g/mol. The third kappa shape index (κ3) is 2.73. The van der Waals surface area contributed by atoms with Crippen molar-refractivity contribution in [3.63, 3.8) is 0 Å². The Morgan fingerprint density at radius 1 is 1.28 bits per heavy atom. The van der Waals surface area contributed by atoms with E-state index in [9.17, 15) is 4.79 Å². The molecule has 5 heteroatoms. The molecule has 1 heterocycles. The molecule has 0 saturated heterocycles. The van der Waals surface area contributed by atoms with Crippen molar-refractivity contribution in [1.29, 1.82) is 5.26 Å². The third-order valence-corrected chi connectivity index (χ3v) is 2.92. The van der Waals surface area contributed by atoms with Gasteiger partial charge in [0.15, 0.2) is 0 Å². The van der Waals surface area contributed by atoms with Gasteiger partial charge in [0.25, 0.3) is 5.91 Å². The van der Waals surface area contributed by atoms with E-state index >= 15 is 0 Å². The minimum atomic E-state index is -0.242.